The molecule has 0 radical (unpaired) electrons. The third kappa shape index (κ3) is 3.57. The zero-order chi connectivity index (χ0) is 22.2. The van der Waals surface area contributed by atoms with E-state index >= 15 is 0 Å². The highest BCUT2D eigenvalue weighted by Crippen LogP contribution is 2.34. The molecule has 0 spiro atoms. The number of aliphatic hydroxyl groups is 1. The van der Waals surface area contributed by atoms with Gasteiger partial charge in [0.1, 0.15) is 5.75 Å². The lowest BCUT2D eigenvalue weighted by molar-refractivity contribution is 0.0646. The summed E-state index contributed by atoms with van der Waals surface area (Å²) in [6.07, 6.45) is 3.95. The highest BCUT2D eigenvalue weighted by molar-refractivity contribution is 6.21. The van der Waals surface area contributed by atoms with E-state index < -0.39 is 6.10 Å². The first-order chi connectivity index (χ1) is 15.5. The molecule has 0 saturated carbocycles. The van der Waals surface area contributed by atoms with Gasteiger partial charge in [-0.05, 0) is 63.2 Å². The fourth-order valence-electron chi connectivity index (χ4n) is 4.85. The maximum Gasteiger partial charge on any atom is 0.261 e. The molecule has 7 heteroatoms. The van der Waals surface area contributed by atoms with Gasteiger partial charge in [0.05, 0.1) is 23.8 Å². The number of amides is 2. The monoisotopic (exact) mass is 433 g/mol. The van der Waals surface area contributed by atoms with Crippen molar-refractivity contribution in [3.05, 3.63) is 65.4 Å². The zero-order valence-corrected chi connectivity index (χ0v) is 18.1. The van der Waals surface area contributed by atoms with Gasteiger partial charge in [-0.1, -0.05) is 12.1 Å². The fraction of sp³-hybridized carbons (Fsp3) is 0.360. The van der Waals surface area contributed by atoms with Crippen molar-refractivity contribution in [2.45, 2.75) is 31.4 Å². The van der Waals surface area contributed by atoms with E-state index in [1.165, 1.54) is 4.90 Å². The van der Waals surface area contributed by atoms with Gasteiger partial charge in [-0.2, -0.15) is 0 Å². The number of nitrogens with zero attached hydrogens (tertiary/aromatic N) is 2. The normalized spacial score (nSPS) is 19.7. The van der Waals surface area contributed by atoms with Crippen molar-refractivity contribution in [3.63, 3.8) is 0 Å². The van der Waals surface area contributed by atoms with Crippen LogP contribution < -0.4 is 4.74 Å². The van der Waals surface area contributed by atoms with Crippen molar-refractivity contribution < 1.29 is 19.4 Å². The number of aromatic nitrogens is 1. The van der Waals surface area contributed by atoms with Crippen molar-refractivity contribution in [3.8, 4) is 5.75 Å². The van der Waals surface area contributed by atoms with Crippen molar-refractivity contribution in [1.29, 1.82) is 0 Å². The molecule has 0 bridgehead atoms. The summed E-state index contributed by atoms with van der Waals surface area (Å²) in [6.45, 7) is 1.70. The minimum Gasteiger partial charge on any atom is -0.494 e. The van der Waals surface area contributed by atoms with Gasteiger partial charge < -0.3 is 19.7 Å². The van der Waals surface area contributed by atoms with Gasteiger partial charge in [0.25, 0.3) is 11.8 Å². The summed E-state index contributed by atoms with van der Waals surface area (Å²) in [6, 6.07) is 12.8. The number of fused-ring (bicyclic) bond motifs is 2. The Morgan fingerprint density at radius 1 is 1.16 bits per heavy atom. The SMILES string of the molecule is CN1CCCC1C(O)c1c[nH]c2ccc(OCCCN3C(=O)c4ccccc4C3=O)cc12. The number of likely N-dealkylation sites (tertiary alicyclic amines) is 1. The lowest BCUT2D eigenvalue weighted by Gasteiger charge is -2.24. The lowest BCUT2D eigenvalue weighted by Crippen LogP contribution is -2.31. The van der Waals surface area contributed by atoms with Crippen LogP contribution in [0.4, 0.5) is 0 Å². The third-order valence-corrected chi connectivity index (χ3v) is 6.62. The number of H-pyrrole nitrogens is 1. The average molecular weight is 434 g/mol. The minimum atomic E-state index is -0.555. The Morgan fingerprint density at radius 2 is 1.91 bits per heavy atom. The molecular formula is C25H27N3O4. The van der Waals surface area contributed by atoms with Gasteiger partial charge in [0, 0.05) is 35.2 Å². The predicted molar refractivity (Wildman–Crippen MR) is 121 cm³/mol. The molecule has 2 N–H and O–H groups in total. The summed E-state index contributed by atoms with van der Waals surface area (Å²) in [5.41, 5.74) is 2.78. The van der Waals surface area contributed by atoms with Crippen LogP contribution in [0.3, 0.4) is 0 Å². The third-order valence-electron chi connectivity index (χ3n) is 6.62. The Hall–Kier alpha value is -3.16. The van der Waals surface area contributed by atoms with Crippen molar-refractivity contribution >= 4 is 22.7 Å². The number of hydrogen-bond donors (Lipinski definition) is 2. The van der Waals surface area contributed by atoms with Crippen molar-refractivity contribution in [2.24, 2.45) is 0 Å². The van der Waals surface area contributed by atoms with E-state index in [4.69, 9.17) is 4.74 Å². The molecule has 7 nitrogen and oxygen atoms in total. The number of aliphatic hydroxyl groups excluding tert-OH is 1. The van der Waals surface area contributed by atoms with E-state index in [0.717, 1.165) is 35.9 Å². The summed E-state index contributed by atoms with van der Waals surface area (Å²) >= 11 is 0. The van der Waals surface area contributed by atoms with E-state index in [9.17, 15) is 14.7 Å². The Morgan fingerprint density at radius 3 is 2.59 bits per heavy atom. The average Bonchev–Trinajstić information content (AvgIpc) is 3.49. The van der Waals surface area contributed by atoms with Crippen LogP contribution in [0, 0.1) is 0 Å². The fourth-order valence-corrected chi connectivity index (χ4v) is 4.85. The van der Waals surface area contributed by atoms with Gasteiger partial charge in [-0.15, -0.1) is 0 Å². The molecule has 1 fully saturated rings. The van der Waals surface area contributed by atoms with Crippen LogP contribution in [0.15, 0.2) is 48.7 Å². The molecule has 2 aliphatic rings. The molecule has 2 atom stereocenters. The maximum absolute atomic E-state index is 12.5. The number of carbonyl (C=O) groups is 2. The van der Waals surface area contributed by atoms with E-state index in [1.807, 2.05) is 24.4 Å². The molecule has 1 aromatic heterocycles. The highest BCUT2D eigenvalue weighted by Gasteiger charge is 2.34. The first kappa shape index (κ1) is 20.7. The molecule has 1 saturated heterocycles. The summed E-state index contributed by atoms with van der Waals surface area (Å²) < 4.78 is 5.92. The van der Waals surface area contributed by atoms with E-state index in [0.29, 0.717) is 36.4 Å². The molecule has 3 heterocycles. The molecule has 2 aromatic carbocycles. The zero-order valence-electron chi connectivity index (χ0n) is 18.1. The summed E-state index contributed by atoms with van der Waals surface area (Å²) in [5, 5.41) is 11.9. The Balaban J connectivity index is 1.22. The van der Waals surface area contributed by atoms with Crippen molar-refractivity contribution in [1.82, 2.24) is 14.8 Å². The summed E-state index contributed by atoms with van der Waals surface area (Å²) in [7, 11) is 2.05. The summed E-state index contributed by atoms with van der Waals surface area (Å²) in [4.78, 5) is 31.7. The first-order valence-corrected chi connectivity index (χ1v) is 11.1. The number of aromatic amines is 1. The molecule has 2 amide bonds. The van der Waals surface area contributed by atoms with Crippen LogP contribution in [0.1, 0.15) is 51.6 Å². The highest BCUT2D eigenvalue weighted by atomic mass is 16.5. The van der Waals surface area contributed by atoms with Crippen LogP contribution in [-0.4, -0.2) is 64.5 Å². The molecule has 5 rings (SSSR count). The summed E-state index contributed by atoms with van der Waals surface area (Å²) in [5.74, 6) is 0.220. The number of rotatable bonds is 7. The van der Waals surface area contributed by atoms with Gasteiger partial charge in [-0.25, -0.2) is 0 Å². The number of ether oxygens (including phenoxy) is 1. The smallest absolute Gasteiger partial charge is 0.261 e. The topological polar surface area (TPSA) is 85.9 Å². The molecule has 166 valence electrons. The number of hydrogen-bond acceptors (Lipinski definition) is 5. The standard InChI is InChI=1S/C25H27N3O4/c1-27-11-4-8-22(27)23(29)20-15-26-21-10-9-16(14-19(20)21)32-13-5-12-28-24(30)17-6-2-3-7-18(17)25(28)31/h2-3,6-7,9-10,14-15,22-23,26,29H,4-5,8,11-13H2,1H3. The number of carbonyl (C=O) groups excluding carboxylic acids is 2. The number of nitrogens with one attached hydrogen (secondary N) is 1. The molecule has 0 aliphatic carbocycles. The second-order valence-electron chi connectivity index (χ2n) is 8.60. The second kappa shape index (κ2) is 8.41. The van der Waals surface area contributed by atoms with Crippen LogP contribution in [-0.2, 0) is 0 Å². The van der Waals surface area contributed by atoms with Crippen LogP contribution in [0.2, 0.25) is 0 Å². The van der Waals surface area contributed by atoms with Crippen molar-refractivity contribution in [2.75, 3.05) is 26.7 Å². The number of imide groups is 1. The first-order valence-electron chi connectivity index (χ1n) is 11.1. The van der Waals surface area contributed by atoms with Gasteiger partial charge >= 0.3 is 0 Å². The lowest BCUT2D eigenvalue weighted by atomic mass is 10.00. The minimum absolute atomic E-state index is 0.123. The number of benzene rings is 2. The number of likely N-dealkylation sites (N-methyl/N-ethyl adjacent to an activating group) is 1. The Kier molecular flexibility index (Phi) is 5.45. The largest absolute Gasteiger partial charge is 0.494 e. The van der Waals surface area contributed by atoms with E-state index in [2.05, 4.69) is 16.9 Å². The Labute approximate surface area is 186 Å². The molecule has 3 aromatic rings. The predicted octanol–water partition coefficient (Wildman–Crippen LogP) is 3.36. The molecule has 2 aliphatic heterocycles. The van der Waals surface area contributed by atoms with Gasteiger partial charge in [-0.3, -0.25) is 14.5 Å². The molecular weight excluding hydrogens is 406 g/mol. The van der Waals surface area contributed by atoms with Gasteiger partial charge in [0.2, 0.25) is 0 Å². The van der Waals surface area contributed by atoms with E-state index in [1.54, 1.807) is 24.3 Å². The van der Waals surface area contributed by atoms with Gasteiger partial charge in [0.15, 0.2) is 0 Å². The van der Waals surface area contributed by atoms with E-state index in [-0.39, 0.29) is 17.9 Å². The van der Waals surface area contributed by atoms with Crippen LogP contribution in [0.25, 0.3) is 10.9 Å². The quantitative estimate of drug-likeness (QED) is 0.441. The molecule has 32 heavy (non-hydrogen) atoms. The Bertz CT molecular complexity index is 1140. The second-order valence-corrected chi connectivity index (χ2v) is 8.60. The van der Waals surface area contributed by atoms with Crippen LogP contribution in [0.5, 0.6) is 5.75 Å². The van der Waals surface area contributed by atoms with Crippen LogP contribution >= 0.6 is 0 Å². The molecule has 2 unspecified atom stereocenters. The maximum atomic E-state index is 12.5.